The number of allylic oxidation sites excluding steroid dienone is 1. The van der Waals surface area contributed by atoms with Gasteiger partial charge in [-0.2, -0.15) is 0 Å². The van der Waals surface area contributed by atoms with E-state index in [0.717, 1.165) is 12.5 Å². The van der Waals surface area contributed by atoms with Gasteiger partial charge in [0, 0.05) is 6.92 Å². The Morgan fingerprint density at radius 2 is 2.00 bits per heavy atom. The summed E-state index contributed by atoms with van der Waals surface area (Å²) in [6.07, 6.45) is 2.23. The van der Waals surface area contributed by atoms with Gasteiger partial charge < -0.3 is 0 Å². The normalized spacial score (nSPS) is 9.31. The summed E-state index contributed by atoms with van der Waals surface area (Å²) in [5.41, 5.74) is 1.14. The Balaban J connectivity index is 2.81. The Morgan fingerprint density at radius 1 is 1.31 bits per heavy atom. The van der Waals surface area contributed by atoms with Crippen LogP contribution in [0.4, 0.5) is 0 Å². The lowest BCUT2D eigenvalue weighted by Gasteiger charge is -2.05. The molecule has 0 spiro atoms. The van der Waals surface area contributed by atoms with Crippen LogP contribution in [0.15, 0.2) is 36.9 Å². The Labute approximate surface area is 93.4 Å². The lowest BCUT2D eigenvalue weighted by Crippen LogP contribution is -2.11. The predicted molar refractivity (Wildman–Crippen MR) is 57.5 cm³/mol. The third kappa shape index (κ3) is 3.24. The number of benzene rings is 1. The average Bonchev–Trinajstić information content (AvgIpc) is 2.27. The van der Waals surface area contributed by atoms with Gasteiger partial charge in [-0.3, -0.25) is 0 Å². The topological polar surface area (TPSA) is 52.6 Å². The molecule has 0 aromatic heterocycles. The molecule has 0 aliphatic rings. The number of hydrogen-bond acceptors (Lipinski definition) is 4. The van der Waals surface area contributed by atoms with Gasteiger partial charge in [0.15, 0.2) is 0 Å². The number of carbonyl (C=O) groups is 2. The largest absolute Gasteiger partial charge is 0.386 e. The summed E-state index contributed by atoms with van der Waals surface area (Å²) < 4.78 is 0. The van der Waals surface area contributed by atoms with Crippen molar-refractivity contribution in [3.63, 3.8) is 0 Å². The van der Waals surface area contributed by atoms with Crippen molar-refractivity contribution in [3.05, 3.63) is 48.0 Å². The minimum absolute atomic E-state index is 0.364. The van der Waals surface area contributed by atoms with Crippen LogP contribution in [0.5, 0.6) is 0 Å². The number of carbonyl (C=O) groups excluding carboxylic acids is 2. The fourth-order valence-electron chi connectivity index (χ4n) is 1.19. The highest BCUT2D eigenvalue weighted by Gasteiger charge is 2.13. The minimum Gasteiger partial charge on any atom is -0.248 e. The van der Waals surface area contributed by atoms with Crippen LogP contribution < -0.4 is 0 Å². The van der Waals surface area contributed by atoms with Crippen LogP contribution in [-0.2, 0) is 21.0 Å². The second-order valence-electron chi connectivity index (χ2n) is 3.10. The molecule has 0 radical (unpaired) electrons. The van der Waals surface area contributed by atoms with Crippen molar-refractivity contribution in [2.45, 2.75) is 13.3 Å². The van der Waals surface area contributed by atoms with Gasteiger partial charge in [-0.15, -0.1) is 6.58 Å². The summed E-state index contributed by atoms with van der Waals surface area (Å²) in [6, 6.07) is 6.90. The minimum atomic E-state index is -0.687. The van der Waals surface area contributed by atoms with E-state index in [4.69, 9.17) is 0 Å². The van der Waals surface area contributed by atoms with Crippen LogP contribution in [0.25, 0.3) is 0 Å². The summed E-state index contributed by atoms with van der Waals surface area (Å²) in [5.74, 6) is -1.36. The fraction of sp³-hybridized carbons (Fsp3) is 0.167. The molecule has 0 saturated heterocycles. The van der Waals surface area contributed by atoms with Crippen LogP contribution in [0.3, 0.4) is 0 Å². The molecule has 0 heterocycles. The molecule has 1 rings (SSSR count). The first kappa shape index (κ1) is 12.0. The van der Waals surface area contributed by atoms with Gasteiger partial charge in [-0.25, -0.2) is 19.4 Å². The average molecular weight is 220 g/mol. The predicted octanol–water partition coefficient (Wildman–Crippen LogP) is 2.05. The lowest BCUT2D eigenvalue weighted by molar-refractivity contribution is -0.231. The zero-order valence-electron chi connectivity index (χ0n) is 8.93. The maximum atomic E-state index is 11.5. The van der Waals surface area contributed by atoms with E-state index in [0.29, 0.717) is 12.0 Å². The molecule has 84 valence electrons. The molecular weight excluding hydrogens is 208 g/mol. The first-order valence-electron chi connectivity index (χ1n) is 4.73. The van der Waals surface area contributed by atoms with Crippen molar-refractivity contribution in [3.8, 4) is 0 Å². The third-order valence-electron chi connectivity index (χ3n) is 1.84. The Morgan fingerprint density at radius 3 is 2.62 bits per heavy atom. The molecule has 4 nitrogen and oxygen atoms in total. The molecule has 0 unspecified atom stereocenters. The van der Waals surface area contributed by atoms with Gasteiger partial charge in [0.1, 0.15) is 0 Å². The van der Waals surface area contributed by atoms with Crippen molar-refractivity contribution < 1.29 is 19.4 Å². The van der Waals surface area contributed by atoms with Gasteiger partial charge in [-0.05, 0) is 18.1 Å². The monoisotopic (exact) mass is 220 g/mol. The Kier molecular flexibility index (Phi) is 4.27. The highest BCUT2D eigenvalue weighted by molar-refractivity contribution is 5.91. The highest BCUT2D eigenvalue weighted by Crippen LogP contribution is 2.11. The lowest BCUT2D eigenvalue weighted by atomic mass is 10.1. The van der Waals surface area contributed by atoms with Crippen LogP contribution >= 0.6 is 0 Å². The van der Waals surface area contributed by atoms with Crippen molar-refractivity contribution in [2.24, 2.45) is 0 Å². The van der Waals surface area contributed by atoms with Crippen molar-refractivity contribution in [1.29, 1.82) is 0 Å². The molecule has 0 saturated carbocycles. The maximum absolute atomic E-state index is 11.5. The molecule has 1 aromatic rings. The number of rotatable bonds is 3. The summed E-state index contributed by atoms with van der Waals surface area (Å²) in [7, 11) is 0. The first-order chi connectivity index (χ1) is 7.65. The molecule has 4 heteroatoms. The van der Waals surface area contributed by atoms with Crippen molar-refractivity contribution in [1.82, 2.24) is 0 Å². The third-order valence-corrected chi connectivity index (χ3v) is 1.84. The van der Waals surface area contributed by atoms with E-state index in [1.54, 1.807) is 30.3 Å². The van der Waals surface area contributed by atoms with Gasteiger partial charge in [0.05, 0.1) is 5.56 Å². The zero-order chi connectivity index (χ0) is 12.0. The molecule has 1 aromatic carbocycles. The summed E-state index contributed by atoms with van der Waals surface area (Å²) >= 11 is 0. The van der Waals surface area contributed by atoms with Crippen molar-refractivity contribution in [2.75, 3.05) is 0 Å². The van der Waals surface area contributed by atoms with E-state index < -0.39 is 11.9 Å². The second-order valence-corrected chi connectivity index (χ2v) is 3.10. The fourth-order valence-corrected chi connectivity index (χ4v) is 1.19. The van der Waals surface area contributed by atoms with Gasteiger partial charge >= 0.3 is 11.9 Å². The molecule has 0 bridgehead atoms. The van der Waals surface area contributed by atoms with Crippen LogP contribution in [0.2, 0.25) is 0 Å². The Bertz CT molecular complexity index is 409. The van der Waals surface area contributed by atoms with Gasteiger partial charge in [0.2, 0.25) is 0 Å². The maximum Gasteiger partial charge on any atom is 0.386 e. The summed E-state index contributed by atoms with van der Waals surface area (Å²) in [6.45, 7) is 4.75. The van der Waals surface area contributed by atoms with Gasteiger partial charge in [-0.1, -0.05) is 24.3 Å². The zero-order valence-corrected chi connectivity index (χ0v) is 8.93. The van der Waals surface area contributed by atoms with E-state index in [1.165, 1.54) is 0 Å². The molecule has 0 aliphatic heterocycles. The molecule has 16 heavy (non-hydrogen) atoms. The van der Waals surface area contributed by atoms with E-state index >= 15 is 0 Å². The SMILES string of the molecule is C=CCc1ccccc1C(=O)OOC(C)=O. The van der Waals surface area contributed by atoms with Crippen LogP contribution in [0, 0.1) is 0 Å². The molecule has 0 aliphatic carbocycles. The quantitative estimate of drug-likeness (QED) is 0.444. The molecule has 0 N–H and O–H groups in total. The van der Waals surface area contributed by atoms with E-state index in [-0.39, 0.29) is 0 Å². The standard InChI is InChI=1S/C12H12O4/c1-3-6-10-7-4-5-8-11(10)12(14)16-15-9(2)13/h3-5,7-8H,1,6H2,2H3. The second kappa shape index (κ2) is 5.70. The first-order valence-corrected chi connectivity index (χ1v) is 4.73. The van der Waals surface area contributed by atoms with E-state index in [9.17, 15) is 9.59 Å². The van der Waals surface area contributed by atoms with Gasteiger partial charge in [0.25, 0.3) is 0 Å². The number of hydrogen-bond donors (Lipinski definition) is 0. The van der Waals surface area contributed by atoms with E-state index in [2.05, 4.69) is 16.4 Å². The summed E-state index contributed by atoms with van der Waals surface area (Å²) in [4.78, 5) is 30.5. The highest BCUT2D eigenvalue weighted by atomic mass is 17.2. The molecule has 0 atom stereocenters. The van der Waals surface area contributed by atoms with Crippen molar-refractivity contribution >= 4 is 11.9 Å². The molecule has 0 fully saturated rings. The molecule has 0 amide bonds. The smallest absolute Gasteiger partial charge is 0.248 e. The van der Waals surface area contributed by atoms with Crippen LogP contribution in [-0.4, -0.2) is 11.9 Å². The molecular formula is C12H12O4. The Hall–Kier alpha value is -2.10. The van der Waals surface area contributed by atoms with Crippen LogP contribution in [0.1, 0.15) is 22.8 Å². The van der Waals surface area contributed by atoms with E-state index in [1.807, 2.05) is 0 Å². The summed E-state index contributed by atoms with van der Waals surface area (Å²) in [5, 5.41) is 0.